The van der Waals surface area contributed by atoms with Crippen LogP contribution in [0.25, 0.3) is 0 Å². The molecule has 1 atom stereocenters. The van der Waals surface area contributed by atoms with E-state index in [4.69, 9.17) is 4.74 Å². The van der Waals surface area contributed by atoms with Crippen molar-refractivity contribution in [2.45, 2.75) is 38.7 Å². The molecule has 1 aromatic rings. The summed E-state index contributed by atoms with van der Waals surface area (Å²) in [5.74, 6) is 1.67. The molecule has 70 valence electrons. The van der Waals surface area contributed by atoms with Gasteiger partial charge in [0.2, 0.25) is 0 Å². The second-order valence-electron chi connectivity index (χ2n) is 4.50. The van der Waals surface area contributed by atoms with Gasteiger partial charge in [-0.3, -0.25) is 0 Å². The van der Waals surface area contributed by atoms with Gasteiger partial charge in [0, 0.05) is 0 Å². The minimum absolute atomic E-state index is 0.00618. The van der Waals surface area contributed by atoms with E-state index < -0.39 is 0 Å². The third kappa shape index (κ3) is 1.55. The average molecular weight is 176 g/mol. The van der Waals surface area contributed by atoms with Gasteiger partial charge in [0.15, 0.2) is 0 Å². The minimum atomic E-state index is -0.00618. The van der Waals surface area contributed by atoms with E-state index in [1.54, 1.807) is 0 Å². The van der Waals surface area contributed by atoms with Crippen molar-refractivity contribution in [2.24, 2.45) is 0 Å². The zero-order valence-corrected chi connectivity index (χ0v) is 8.50. The highest BCUT2D eigenvalue weighted by molar-refractivity contribution is 5.38. The molecule has 0 bridgehead atoms. The van der Waals surface area contributed by atoms with Crippen LogP contribution in [0.5, 0.6) is 5.75 Å². The minimum Gasteiger partial charge on any atom is -0.488 e. The van der Waals surface area contributed by atoms with Gasteiger partial charge in [0.25, 0.3) is 0 Å². The predicted octanol–water partition coefficient (Wildman–Crippen LogP) is 3.35. The van der Waals surface area contributed by atoms with Gasteiger partial charge in [0.05, 0.1) is 0 Å². The molecule has 0 unspecified atom stereocenters. The summed E-state index contributed by atoms with van der Waals surface area (Å²) in [6.45, 7) is 6.57. The van der Waals surface area contributed by atoms with Crippen molar-refractivity contribution in [1.29, 1.82) is 0 Å². The first kappa shape index (κ1) is 8.61. The number of benzene rings is 1. The lowest BCUT2D eigenvalue weighted by Crippen LogP contribution is -2.33. The van der Waals surface area contributed by atoms with Crippen LogP contribution in [0.15, 0.2) is 24.3 Å². The first-order chi connectivity index (χ1) is 6.08. The molecule has 0 saturated carbocycles. The van der Waals surface area contributed by atoms with Crippen molar-refractivity contribution < 1.29 is 4.74 Å². The molecule has 1 nitrogen and oxygen atoms in total. The van der Waals surface area contributed by atoms with Gasteiger partial charge in [-0.15, -0.1) is 0 Å². The van der Waals surface area contributed by atoms with Gasteiger partial charge in [0.1, 0.15) is 11.4 Å². The summed E-state index contributed by atoms with van der Waals surface area (Å²) < 4.78 is 5.89. The van der Waals surface area contributed by atoms with Crippen molar-refractivity contribution in [3.05, 3.63) is 29.8 Å². The largest absolute Gasteiger partial charge is 0.488 e. The summed E-state index contributed by atoms with van der Waals surface area (Å²) in [6.07, 6.45) is 1.10. The zero-order valence-electron chi connectivity index (χ0n) is 8.50. The van der Waals surface area contributed by atoms with Crippen molar-refractivity contribution in [1.82, 2.24) is 0 Å². The Morgan fingerprint density at radius 2 is 2.00 bits per heavy atom. The van der Waals surface area contributed by atoms with E-state index in [0.717, 1.165) is 12.2 Å². The lowest BCUT2D eigenvalue weighted by atomic mass is 9.86. The molecule has 0 saturated heterocycles. The molecule has 0 N–H and O–H groups in total. The number of ether oxygens (including phenoxy) is 1. The van der Waals surface area contributed by atoms with Crippen LogP contribution in [0.1, 0.15) is 38.7 Å². The van der Waals surface area contributed by atoms with E-state index in [0.29, 0.717) is 5.92 Å². The molecule has 0 aliphatic carbocycles. The molecular formula is C12H16O. The monoisotopic (exact) mass is 176 g/mol. The topological polar surface area (TPSA) is 9.23 Å². The molecule has 0 fully saturated rings. The van der Waals surface area contributed by atoms with Gasteiger partial charge in [-0.2, -0.15) is 0 Å². The van der Waals surface area contributed by atoms with Gasteiger partial charge in [-0.25, -0.2) is 0 Å². The zero-order chi connectivity index (χ0) is 9.47. The molecule has 0 spiro atoms. The van der Waals surface area contributed by atoms with Crippen LogP contribution in [0.3, 0.4) is 0 Å². The number of rotatable bonds is 0. The molecule has 1 aliphatic rings. The molecule has 2 rings (SSSR count). The standard InChI is InChI=1S/C12H16O/c1-9-8-12(2,3)13-11-7-5-4-6-10(9)11/h4-7,9H,8H2,1-3H3/t9-/m0/s1. The fourth-order valence-electron chi connectivity index (χ4n) is 2.17. The molecule has 1 heteroatoms. The summed E-state index contributed by atoms with van der Waals surface area (Å²) in [4.78, 5) is 0. The molecule has 0 radical (unpaired) electrons. The molecule has 0 amide bonds. The van der Waals surface area contributed by atoms with Gasteiger partial charge < -0.3 is 4.74 Å². The Hall–Kier alpha value is -0.980. The normalized spacial score (nSPS) is 24.7. The quantitative estimate of drug-likeness (QED) is 0.589. The number of para-hydroxylation sites is 1. The third-order valence-corrected chi connectivity index (χ3v) is 2.63. The van der Waals surface area contributed by atoms with Crippen LogP contribution >= 0.6 is 0 Å². The number of hydrogen-bond donors (Lipinski definition) is 0. The van der Waals surface area contributed by atoms with Crippen LogP contribution in [-0.4, -0.2) is 5.60 Å². The Morgan fingerprint density at radius 1 is 1.31 bits per heavy atom. The Kier molecular flexibility index (Phi) is 1.83. The Bertz CT molecular complexity index is 315. The van der Waals surface area contributed by atoms with Gasteiger partial charge in [-0.05, 0) is 37.8 Å². The molecule has 1 aliphatic heterocycles. The van der Waals surface area contributed by atoms with Crippen LogP contribution in [0.2, 0.25) is 0 Å². The van der Waals surface area contributed by atoms with Crippen LogP contribution in [0, 0.1) is 0 Å². The second kappa shape index (κ2) is 2.76. The highest BCUT2D eigenvalue weighted by atomic mass is 16.5. The van der Waals surface area contributed by atoms with E-state index in [-0.39, 0.29) is 5.60 Å². The lowest BCUT2D eigenvalue weighted by Gasteiger charge is -2.36. The number of fused-ring (bicyclic) bond motifs is 1. The van der Waals surface area contributed by atoms with Crippen LogP contribution < -0.4 is 4.74 Å². The maximum Gasteiger partial charge on any atom is 0.123 e. The Morgan fingerprint density at radius 3 is 2.77 bits per heavy atom. The fraction of sp³-hybridized carbons (Fsp3) is 0.500. The number of hydrogen-bond acceptors (Lipinski definition) is 1. The maximum atomic E-state index is 5.89. The average Bonchev–Trinajstić information content (AvgIpc) is 2.02. The van der Waals surface area contributed by atoms with E-state index in [9.17, 15) is 0 Å². The summed E-state index contributed by atoms with van der Waals surface area (Å²) in [5, 5.41) is 0. The van der Waals surface area contributed by atoms with Crippen LogP contribution in [0.4, 0.5) is 0 Å². The van der Waals surface area contributed by atoms with Crippen LogP contribution in [-0.2, 0) is 0 Å². The van der Waals surface area contributed by atoms with E-state index in [1.165, 1.54) is 5.56 Å². The van der Waals surface area contributed by atoms with E-state index in [1.807, 2.05) is 6.07 Å². The van der Waals surface area contributed by atoms with Crippen molar-refractivity contribution >= 4 is 0 Å². The molecule has 1 aromatic carbocycles. The van der Waals surface area contributed by atoms with E-state index >= 15 is 0 Å². The Labute approximate surface area is 79.7 Å². The first-order valence-electron chi connectivity index (χ1n) is 4.86. The molecular weight excluding hydrogens is 160 g/mol. The Balaban J connectivity index is 2.43. The van der Waals surface area contributed by atoms with Crippen molar-refractivity contribution in [2.75, 3.05) is 0 Å². The van der Waals surface area contributed by atoms with Crippen molar-refractivity contribution in [3.63, 3.8) is 0 Å². The molecule has 1 heterocycles. The smallest absolute Gasteiger partial charge is 0.123 e. The van der Waals surface area contributed by atoms with E-state index in [2.05, 4.69) is 39.0 Å². The lowest BCUT2D eigenvalue weighted by molar-refractivity contribution is 0.0747. The SMILES string of the molecule is C[C@H]1CC(C)(C)Oc2ccccc21. The fourth-order valence-corrected chi connectivity index (χ4v) is 2.17. The molecule has 13 heavy (non-hydrogen) atoms. The molecule has 0 aromatic heterocycles. The summed E-state index contributed by atoms with van der Waals surface area (Å²) in [6, 6.07) is 8.34. The first-order valence-corrected chi connectivity index (χ1v) is 4.86. The summed E-state index contributed by atoms with van der Waals surface area (Å²) in [5.41, 5.74) is 1.34. The highest BCUT2D eigenvalue weighted by Gasteiger charge is 2.30. The van der Waals surface area contributed by atoms with Gasteiger partial charge in [-0.1, -0.05) is 25.1 Å². The third-order valence-electron chi connectivity index (χ3n) is 2.63. The van der Waals surface area contributed by atoms with Gasteiger partial charge >= 0.3 is 0 Å². The summed E-state index contributed by atoms with van der Waals surface area (Å²) in [7, 11) is 0. The summed E-state index contributed by atoms with van der Waals surface area (Å²) >= 11 is 0. The maximum absolute atomic E-state index is 5.89. The highest BCUT2D eigenvalue weighted by Crippen LogP contribution is 2.39. The predicted molar refractivity (Wildman–Crippen MR) is 54.2 cm³/mol. The second-order valence-corrected chi connectivity index (χ2v) is 4.50. The van der Waals surface area contributed by atoms with Crippen molar-refractivity contribution in [3.8, 4) is 5.75 Å².